The van der Waals surface area contributed by atoms with Crippen LogP contribution in [0.15, 0.2) is 78.9 Å². The summed E-state index contributed by atoms with van der Waals surface area (Å²) in [4.78, 5) is 59.5. The Balaban J connectivity index is 0.000000249. The molecule has 0 saturated carbocycles. The van der Waals surface area contributed by atoms with Crippen molar-refractivity contribution in [3.8, 4) is 0 Å². The van der Waals surface area contributed by atoms with Gasteiger partial charge in [0.25, 0.3) is 17.7 Å². The number of amides is 3. The van der Waals surface area contributed by atoms with Crippen molar-refractivity contribution in [1.82, 2.24) is 15.1 Å². The summed E-state index contributed by atoms with van der Waals surface area (Å²) < 4.78 is 10.4. The molecule has 2 heterocycles. The number of aliphatic hydroxyl groups is 1. The largest absolute Gasteiger partial charge is 0.395 e. The van der Waals surface area contributed by atoms with Crippen LogP contribution in [0.5, 0.6) is 0 Å². The fourth-order valence-corrected chi connectivity index (χ4v) is 10.9. The third-order valence-electron chi connectivity index (χ3n) is 10.9. The molecule has 2 aliphatic carbocycles. The molecule has 318 valence electrons. The van der Waals surface area contributed by atoms with Crippen molar-refractivity contribution in [2.24, 2.45) is 10.8 Å². The van der Waals surface area contributed by atoms with Crippen molar-refractivity contribution in [1.29, 1.82) is 0 Å². The summed E-state index contributed by atoms with van der Waals surface area (Å²) in [7, 11) is 3.40. The monoisotopic (exact) mass is 845 g/mol. The molecule has 2 aromatic carbocycles. The normalized spacial score (nSPS) is 19.7. The van der Waals surface area contributed by atoms with Gasteiger partial charge in [-0.15, -0.1) is 36.7 Å². The molecular formula is C46H59N3O8S2. The van der Waals surface area contributed by atoms with Gasteiger partial charge in [0.1, 0.15) is 0 Å². The number of methoxy groups -OCH3 is 2. The first kappa shape index (κ1) is 47.4. The molecule has 2 unspecified atom stereocenters. The zero-order valence-electron chi connectivity index (χ0n) is 35.3. The highest BCUT2D eigenvalue weighted by Gasteiger charge is 2.45. The van der Waals surface area contributed by atoms with E-state index in [1.165, 1.54) is 16.7 Å². The molecule has 2 aromatic rings. The Hall–Kier alpha value is -4.23. The Kier molecular flexibility index (Phi) is 17.6. The molecule has 0 bridgehead atoms. The smallest absolute Gasteiger partial charge is 0.373 e. The third kappa shape index (κ3) is 11.1. The molecule has 59 heavy (non-hydrogen) atoms. The van der Waals surface area contributed by atoms with Crippen LogP contribution in [0.3, 0.4) is 0 Å². The van der Waals surface area contributed by atoms with Gasteiger partial charge in [0.05, 0.1) is 30.6 Å². The van der Waals surface area contributed by atoms with Gasteiger partial charge in [-0.05, 0) is 69.2 Å². The van der Waals surface area contributed by atoms with Crippen molar-refractivity contribution < 1.29 is 38.6 Å². The minimum atomic E-state index is -0.332. The summed E-state index contributed by atoms with van der Waals surface area (Å²) in [6.45, 7) is 18.9. The zero-order valence-corrected chi connectivity index (χ0v) is 36.9. The lowest BCUT2D eigenvalue weighted by Gasteiger charge is -2.45. The van der Waals surface area contributed by atoms with Crippen molar-refractivity contribution in [3.63, 3.8) is 0 Å². The molecule has 2 N–H and O–H groups in total. The van der Waals surface area contributed by atoms with E-state index in [0.29, 0.717) is 38.3 Å². The van der Waals surface area contributed by atoms with Crippen LogP contribution in [0.2, 0.25) is 0 Å². The highest BCUT2D eigenvalue weighted by Crippen LogP contribution is 2.50. The SMILES string of the molecule is C=CCN1C(=O)C2=C(CC1SCCOC)c1ccc(C(=O)NCCO)cc1CC2(C)C.C=CCN1C(=O)C2=C(CC1SCCOC)c1ccccc1CC2(C)C.O=C=O. The van der Waals surface area contributed by atoms with Crippen molar-refractivity contribution >= 4 is 58.5 Å². The number of fused-ring (bicyclic) bond motifs is 4. The molecule has 4 aliphatic rings. The quantitative estimate of drug-likeness (QED) is 0.152. The number of nitrogens with zero attached hydrogens (tertiary/aromatic N) is 2. The molecule has 0 spiro atoms. The molecule has 0 saturated heterocycles. The van der Waals surface area contributed by atoms with Crippen LogP contribution >= 0.6 is 23.5 Å². The number of hydrogen-bond donors (Lipinski definition) is 2. The van der Waals surface area contributed by atoms with Gasteiger partial charge in [0.2, 0.25) is 0 Å². The van der Waals surface area contributed by atoms with Gasteiger partial charge in [0, 0.05) is 74.9 Å². The van der Waals surface area contributed by atoms with Gasteiger partial charge in [-0.3, -0.25) is 14.4 Å². The van der Waals surface area contributed by atoms with Crippen LogP contribution in [0.25, 0.3) is 11.1 Å². The topological polar surface area (TPSA) is 143 Å². The number of nitrogens with one attached hydrogen (secondary N) is 1. The summed E-state index contributed by atoms with van der Waals surface area (Å²) >= 11 is 3.53. The van der Waals surface area contributed by atoms with Gasteiger partial charge < -0.3 is 29.7 Å². The maximum Gasteiger partial charge on any atom is 0.373 e. The maximum absolute atomic E-state index is 13.6. The first-order valence-corrected chi connectivity index (χ1v) is 22.0. The predicted molar refractivity (Wildman–Crippen MR) is 235 cm³/mol. The number of benzene rings is 2. The van der Waals surface area contributed by atoms with E-state index in [2.05, 4.69) is 70.4 Å². The molecule has 3 amide bonds. The summed E-state index contributed by atoms with van der Waals surface area (Å²) in [6, 6.07) is 14.3. The first-order chi connectivity index (χ1) is 28.2. The minimum absolute atomic E-state index is 0.0219. The number of aliphatic hydroxyl groups excluding tert-OH is 1. The van der Waals surface area contributed by atoms with Crippen molar-refractivity contribution in [2.75, 3.05) is 65.2 Å². The third-order valence-corrected chi connectivity index (χ3v) is 13.3. The van der Waals surface area contributed by atoms with Crippen LogP contribution in [0, 0.1) is 10.8 Å². The first-order valence-electron chi connectivity index (χ1n) is 19.9. The van der Waals surface area contributed by atoms with Crippen LogP contribution in [0.1, 0.15) is 73.1 Å². The lowest BCUT2D eigenvalue weighted by Crippen LogP contribution is -2.47. The molecule has 13 heteroatoms. The highest BCUT2D eigenvalue weighted by atomic mass is 32.2. The Labute approximate surface area is 357 Å². The van der Waals surface area contributed by atoms with Crippen LogP contribution < -0.4 is 5.32 Å². The van der Waals surface area contributed by atoms with Gasteiger partial charge in [-0.2, -0.15) is 9.59 Å². The average molecular weight is 846 g/mol. The number of carbonyl (C=O) groups is 3. The van der Waals surface area contributed by atoms with E-state index in [1.54, 1.807) is 43.8 Å². The average Bonchev–Trinajstić information content (AvgIpc) is 3.19. The predicted octanol–water partition coefficient (Wildman–Crippen LogP) is 6.43. The van der Waals surface area contributed by atoms with Crippen LogP contribution in [-0.2, 0) is 41.5 Å². The molecule has 2 aliphatic heterocycles. The number of ether oxygens (including phenoxy) is 2. The fraction of sp³-hybridized carbons (Fsp3) is 0.478. The standard InChI is InChI=1S/C24H32N2O4S.C21H27NO2S.CO2/c1-5-9-26-20(31-12-11-30-4)14-19-18-7-6-16(22(28)25-8-10-27)13-17(18)15-24(2,3)21(19)23(26)29;1-5-10-22-18(25-12-11-24-4)13-17-16-9-7-6-8-15(16)14-21(2,3)19(17)20(22)23;2-1-3/h5-7,13,20,27H,1,8-12,14-15H2,2-4H3,(H,25,28);5-9,18H,1,10-14H2,2-4H3;. The summed E-state index contributed by atoms with van der Waals surface area (Å²) in [5, 5.41) is 11.8. The van der Waals surface area contributed by atoms with E-state index < -0.39 is 0 Å². The summed E-state index contributed by atoms with van der Waals surface area (Å²) in [5.74, 6) is 1.76. The molecule has 0 fully saturated rings. The van der Waals surface area contributed by atoms with E-state index in [9.17, 15) is 14.4 Å². The molecule has 0 aromatic heterocycles. The molecule has 11 nitrogen and oxygen atoms in total. The molecule has 2 atom stereocenters. The Morgan fingerprint density at radius 3 is 1.78 bits per heavy atom. The van der Waals surface area contributed by atoms with Gasteiger partial charge in [-0.1, -0.05) is 70.2 Å². The lowest BCUT2D eigenvalue weighted by atomic mass is 9.67. The van der Waals surface area contributed by atoms with E-state index in [4.69, 9.17) is 24.2 Å². The number of thioether (sulfide) groups is 2. The van der Waals surface area contributed by atoms with E-state index in [-0.39, 0.29) is 58.6 Å². The molecule has 6 rings (SSSR count). The molecule has 0 radical (unpaired) electrons. The summed E-state index contributed by atoms with van der Waals surface area (Å²) in [5.41, 5.74) is 9.10. The van der Waals surface area contributed by atoms with E-state index >= 15 is 0 Å². The van der Waals surface area contributed by atoms with E-state index in [1.807, 2.05) is 34.1 Å². The number of carbonyl (C=O) groups excluding carboxylic acids is 5. The van der Waals surface area contributed by atoms with Crippen LogP contribution in [0.4, 0.5) is 0 Å². The fourth-order valence-electron chi connectivity index (χ4n) is 8.52. The zero-order chi connectivity index (χ0) is 43.3. The highest BCUT2D eigenvalue weighted by molar-refractivity contribution is 8.00. The Bertz CT molecular complexity index is 1970. The number of rotatable bonds is 15. The van der Waals surface area contributed by atoms with E-state index in [0.717, 1.165) is 58.6 Å². The maximum atomic E-state index is 13.6. The minimum Gasteiger partial charge on any atom is -0.395 e. The summed E-state index contributed by atoms with van der Waals surface area (Å²) in [6.07, 6.45) is 7.12. The van der Waals surface area contributed by atoms with Crippen molar-refractivity contribution in [2.45, 2.75) is 64.1 Å². The lowest BCUT2D eigenvalue weighted by molar-refractivity contribution is -0.191. The van der Waals surface area contributed by atoms with Crippen LogP contribution in [-0.4, -0.2) is 115 Å². The molecular weight excluding hydrogens is 787 g/mol. The Morgan fingerprint density at radius 1 is 0.831 bits per heavy atom. The second kappa shape index (κ2) is 21.9. The Morgan fingerprint density at radius 2 is 1.31 bits per heavy atom. The van der Waals surface area contributed by atoms with Gasteiger partial charge in [0.15, 0.2) is 0 Å². The van der Waals surface area contributed by atoms with Gasteiger partial charge in [-0.25, -0.2) is 0 Å². The number of hydrogen-bond acceptors (Lipinski definition) is 10. The van der Waals surface area contributed by atoms with Gasteiger partial charge >= 0.3 is 6.15 Å². The van der Waals surface area contributed by atoms with Crippen molar-refractivity contribution in [3.05, 3.63) is 107 Å². The second-order valence-electron chi connectivity index (χ2n) is 16.0. The second-order valence-corrected chi connectivity index (χ2v) is 18.5.